The number of halogens is 2. The molecule has 3 aromatic carbocycles. The Kier molecular flexibility index (Phi) is 7.69. The Morgan fingerprint density at radius 1 is 1.00 bits per heavy atom. The predicted molar refractivity (Wildman–Crippen MR) is 153 cm³/mol. The first-order valence-corrected chi connectivity index (χ1v) is 14.8. The zero-order chi connectivity index (χ0) is 28.6. The lowest BCUT2D eigenvalue weighted by molar-refractivity contribution is 0.0706. The van der Waals surface area contributed by atoms with Crippen molar-refractivity contribution < 1.29 is 18.0 Å². The maximum Gasteiger partial charge on any atom is 0.333 e. The van der Waals surface area contributed by atoms with Crippen LogP contribution >= 0.6 is 27.5 Å². The van der Waals surface area contributed by atoms with E-state index in [1.807, 2.05) is 30.3 Å². The first-order valence-electron chi connectivity index (χ1n) is 12.1. The number of hydrogen-bond acceptors (Lipinski definition) is 5. The van der Waals surface area contributed by atoms with Crippen LogP contribution in [0.3, 0.4) is 0 Å². The molecule has 2 heterocycles. The number of nitrogens with two attached hydrogens (primary N) is 1. The second-order valence-corrected chi connectivity index (χ2v) is 12.0. The molecule has 0 radical (unpaired) electrons. The smallest absolute Gasteiger partial charge is 0.333 e. The van der Waals surface area contributed by atoms with Crippen LogP contribution in [-0.2, 0) is 29.7 Å². The quantitative estimate of drug-likeness (QED) is 0.332. The van der Waals surface area contributed by atoms with Crippen LogP contribution < -0.4 is 16.1 Å². The first kappa shape index (κ1) is 27.8. The molecule has 3 N–H and O–H groups in total. The van der Waals surface area contributed by atoms with Crippen LogP contribution in [0, 0.1) is 0 Å². The summed E-state index contributed by atoms with van der Waals surface area (Å²) < 4.78 is 27.3. The summed E-state index contributed by atoms with van der Waals surface area (Å²) in [6.45, 7) is 0.504. The predicted octanol–water partition coefficient (Wildman–Crippen LogP) is 3.29. The standard InChI is InChI=1S/C27H23BrClN5O5S/c28-21-10-9-18(13-22(21)29)26(36)32-11-12-33-23(16-32)24(25(35)31-15-17-5-2-1-3-6-17)34(27(33)37)19-7-4-8-20(14-19)40(30,38)39/h1-10,13-14H,11-12,15-16H2,(H,31,35)(H2,30,38,39). The van der Waals surface area contributed by atoms with Gasteiger partial charge in [-0.05, 0) is 57.9 Å². The number of nitrogens with zero attached hydrogens (tertiary/aromatic N) is 3. The molecule has 206 valence electrons. The van der Waals surface area contributed by atoms with Gasteiger partial charge in [0.1, 0.15) is 5.69 Å². The fourth-order valence-corrected chi connectivity index (χ4v) is 5.56. The van der Waals surface area contributed by atoms with Gasteiger partial charge in [-0.15, -0.1) is 0 Å². The molecule has 0 atom stereocenters. The van der Waals surface area contributed by atoms with Crippen LogP contribution in [0.4, 0.5) is 0 Å². The van der Waals surface area contributed by atoms with E-state index in [0.717, 1.165) is 10.1 Å². The number of hydrogen-bond donors (Lipinski definition) is 2. The van der Waals surface area contributed by atoms with Crippen LogP contribution in [0.2, 0.25) is 5.02 Å². The summed E-state index contributed by atoms with van der Waals surface area (Å²) in [6, 6.07) is 19.6. The average molecular weight is 645 g/mol. The largest absolute Gasteiger partial charge is 0.347 e. The van der Waals surface area contributed by atoms with E-state index in [1.165, 1.54) is 33.7 Å². The Balaban J connectivity index is 1.58. The SMILES string of the molecule is NS(=O)(=O)c1cccc(-n2c(C(=O)NCc3ccccc3)c3n(c2=O)CCN(C(=O)c2ccc(Br)c(Cl)c2)C3)c1. The van der Waals surface area contributed by atoms with Gasteiger partial charge in [0.05, 0.1) is 27.8 Å². The summed E-state index contributed by atoms with van der Waals surface area (Å²) in [5, 5.41) is 8.54. The molecule has 13 heteroatoms. The van der Waals surface area contributed by atoms with Gasteiger partial charge in [-0.1, -0.05) is 48.0 Å². The second kappa shape index (κ2) is 11.0. The van der Waals surface area contributed by atoms with Gasteiger partial charge in [0.15, 0.2) is 0 Å². The van der Waals surface area contributed by atoms with Crippen LogP contribution in [0.1, 0.15) is 32.1 Å². The van der Waals surface area contributed by atoms with Gasteiger partial charge in [-0.25, -0.2) is 18.4 Å². The molecule has 10 nitrogen and oxygen atoms in total. The van der Waals surface area contributed by atoms with Gasteiger partial charge in [0.25, 0.3) is 11.8 Å². The highest BCUT2D eigenvalue weighted by molar-refractivity contribution is 9.10. The summed E-state index contributed by atoms with van der Waals surface area (Å²) in [4.78, 5) is 42.0. The van der Waals surface area contributed by atoms with E-state index in [9.17, 15) is 22.8 Å². The topological polar surface area (TPSA) is 136 Å². The minimum atomic E-state index is -4.07. The number of benzene rings is 3. The van der Waals surface area contributed by atoms with Crippen LogP contribution in [0.15, 0.2) is 87.0 Å². The van der Waals surface area contributed by atoms with Crippen molar-refractivity contribution in [2.24, 2.45) is 5.14 Å². The van der Waals surface area contributed by atoms with Gasteiger partial charge in [0, 0.05) is 29.7 Å². The van der Waals surface area contributed by atoms with Gasteiger partial charge in [0.2, 0.25) is 10.0 Å². The second-order valence-electron chi connectivity index (χ2n) is 9.13. The van der Waals surface area contributed by atoms with Gasteiger partial charge >= 0.3 is 5.69 Å². The molecule has 5 rings (SSSR count). The fourth-order valence-electron chi connectivity index (χ4n) is 4.58. The summed E-state index contributed by atoms with van der Waals surface area (Å²) in [6.07, 6.45) is 0. The van der Waals surface area contributed by atoms with Crippen molar-refractivity contribution >= 4 is 49.4 Å². The minimum Gasteiger partial charge on any atom is -0.347 e. The molecule has 0 fully saturated rings. The van der Waals surface area contributed by atoms with Crippen LogP contribution in [0.25, 0.3) is 5.69 Å². The van der Waals surface area contributed by atoms with E-state index >= 15 is 0 Å². The Morgan fingerprint density at radius 2 is 1.75 bits per heavy atom. The van der Waals surface area contributed by atoms with Crippen molar-refractivity contribution in [3.63, 3.8) is 0 Å². The van der Waals surface area contributed by atoms with Crippen molar-refractivity contribution in [3.05, 3.63) is 115 Å². The van der Waals surface area contributed by atoms with Crippen molar-refractivity contribution in [1.82, 2.24) is 19.4 Å². The molecule has 1 aliphatic heterocycles. The molecule has 40 heavy (non-hydrogen) atoms. The number of nitrogens with one attached hydrogen (secondary N) is 1. The summed E-state index contributed by atoms with van der Waals surface area (Å²) in [7, 11) is -4.07. The van der Waals surface area contributed by atoms with Crippen molar-refractivity contribution in [2.45, 2.75) is 24.5 Å². The Hall–Kier alpha value is -3.71. The van der Waals surface area contributed by atoms with Gasteiger partial charge in [-0.3, -0.25) is 18.7 Å². The van der Waals surface area contributed by atoms with Crippen molar-refractivity contribution in [3.8, 4) is 5.69 Å². The lowest BCUT2D eigenvalue weighted by Crippen LogP contribution is -2.41. The molecule has 0 spiro atoms. The molecule has 0 saturated heterocycles. The highest BCUT2D eigenvalue weighted by Crippen LogP contribution is 2.26. The van der Waals surface area contributed by atoms with E-state index in [0.29, 0.717) is 20.8 Å². The van der Waals surface area contributed by atoms with Crippen molar-refractivity contribution in [2.75, 3.05) is 6.54 Å². The molecule has 1 aliphatic rings. The molecule has 0 aliphatic carbocycles. The van der Waals surface area contributed by atoms with E-state index in [4.69, 9.17) is 16.7 Å². The molecule has 0 saturated carbocycles. The number of carbonyl (C=O) groups excluding carboxylic acids is 2. The first-order chi connectivity index (χ1) is 19.0. The lowest BCUT2D eigenvalue weighted by atomic mass is 10.1. The van der Waals surface area contributed by atoms with E-state index < -0.39 is 21.6 Å². The van der Waals surface area contributed by atoms with Crippen LogP contribution in [0.5, 0.6) is 0 Å². The zero-order valence-corrected chi connectivity index (χ0v) is 24.0. The lowest BCUT2D eigenvalue weighted by Gasteiger charge is -2.28. The highest BCUT2D eigenvalue weighted by atomic mass is 79.9. The zero-order valence-electron chi connectivity index (χ0n) is 20.9. The van der Waals surface area contributed by atoms with Gasteiger partial charge in [-0.2, -0.15) is 0 Å². The number of carbonyl (C=O) groups is 2. The molecule has 1 aromatic heterocycles. The summed E-state index contributed by atoms with van der Waals surface area (Å²) in [5.41, 5.74) is 1.14. The maximum absolute atomic E-state index is 13.7. The summed E-state index contributed by atoms with van der Waals surface area (Å²) in [5.74, 6) is -0.871. The van der Waals surface area contributed by atoms with Crippen LogP contribution in [-0.4, -0.2) is 40.8 Å². The molecular formula is C27H23BrClN5O5S. The molecule has 0 unspecified atom stereocenters. The monoisotopic (exact) mass is 643 g/mol. The van der Waals surface area contributed by atoms with E-state index in [2.05, 4.69) is 21.2 Å². The maximum atomic E-state index is 13.7. The number of imidazole rings is 1. The Morgan fingerprint density at radius 3 is 2.45 bits per heavy atom. The number of rotatable bonds is 6. The number of aromatic nitrogens is 2. The molecular weight excluding hydrogens is 622 g/mol. The minimum absolute atomic E-state index is 0.00107. The van der Waals surface area contributed by atoms with Crippen molar-refractivity contribution in [1.29, 1.82) is 0 Å². The Bertz CT molecular complexity index is 1800. The third kappa shape index (κ3) is 5.48. The fraction of sp³-hybridized carbons (Fsp3) is 0.148. The normalized spacial score (nSPS) is 13.1. The highest BCUT2D eigenvalue weighted by Gasteiger charge is 2.32. The molecule has 4 aromatic rings. The molecule has 2 amide bonds. The third-order valence-electron chi connectivity index (χ3n) is 6.55. The van der Waals surface area contributed by atoms with Gasteiger partial charge < -0.3 is 10.2 Å². The third-order valence-corrected chi connectivity index (χ3v) is 8.69. The van der Waals surface area contributed by atoms with E-state index in [-0.39, 0.29) is 48.4 Å². The number of amides is 2. The number of fused-ring (bicyclic) bond motifs is 1. The van der Waals surface area contributed by atoms with E-state index in [1.54, 1.807) is 18.2 Å². The number of primary sulfonamides is 1. The Labute approximate surface area is 243 Å². The average Bonchev–Trinajstić information content (AvgIpc) is 3.24. The summed E-state index contributed by atoms with van der Waals surface area (Å²) >= 11 is 9.51. The molecule has 0 bridgehead atoms. The number of sulfonamides is 1.